The number of rotatable bonds is 3. The predicted octanol–water partition coefficient (Wildman–Crippen LogP) is 2.67. The van der Waals surface area contributed by atoms with Crippen LogP contribution in [0.2, 0.25) is 0 Å². The molecule has 1 aliphatic rings. The second-order valence-electron chi connectivity index (χ2n) is 5.31. The maximum atomic E-state index is 13.9. The summed E-state index contributed by atoms with van der Waals surface area (Å²) in [6, 6.07) is 4.96. The Balaban J connectivity index is 0.00000200. The zero-order valence-electron chi connectivity index (χ0n) is 11.9. The molecule has 1 amide bonds. The topological polar surface area (TPSA) is 41.1 Å². The van der Waals surface area contributed by atoms with Crippen molar-refractivity contribution in [2.45, 2.75) is 32.7 Å². The van der Waals surface area contributed by atoms with E-state index < -0.39 is 5.82 Å². The third-order valence-corrected chi connectivity index (χ3v) is 3.84. The summed E-state index contributed by atoms with van der Waals surface area (Å²) in [6.45, 7) is 5.62. The van der Waals surface area contributed by atoms with Crippen LogP contribution < -0.4 is 10.6 Å². The Labute approximate surface area is 125 Å². The molecule has 1 aromatic rings. The SMILES string of the molecule is Cc1cccc(C(=O)NC(C)C2CCCNC2)c1F.Cl. The lowest BCUT2D eigenvalue weighted by Crippen LogP contribution is -2.44. The lowest BCUT2D eigenvalue weighted by molar-refractivity contribution is 0.0917. The minimum atomic E-state index is -0.422. The minimum absolute atomic E-state index is 0. The molecule has 2 atom stereocenters. The molecular formula is C15H22ClFN2O. The van der Waals surface area contributed by atoms with Gasteiger partial charge in [-0.1, -0.05) is 12.1 Å². The largest absolute Gasteiger partial charge is 0.349 e. The average molecular weight is 301 g/mol. The van der Waals surface area contributed by atoms with Crippen LogP contribution in [-0.2, 0) is 0 Å². The minimum Gasteiger partial charge on any atom is -0.349 e. The molecule has 20 heavy (non-hydrogen) atoms. The highest BCUT2D eigenvalue weighted by atomic mass is 35.5. The van der Waals surface area contributed by atoms with Crippen molar-refractivity contribution in [2.24, 2.45) is 5.92 Å². The number of carbonyl (C=O) groups excluding carboxylic acids is 1. The van der Waals surface area contributed by atoms with Crippen molar-refractivity contribution in [3.63, 3.8) is 0 Å². The Hall–Kier alpha value is -1.13. The van der Waals surface area contributed by atoms with E-state index in [1.54, 1.807) is 19.1 Å². The smallest absolute Gasteiger partial charge is 0.254 e. The molecule has 5 heteroatoms. The Kier molecular flexibility index (Phi) is 6.43. The summed E-state index contributed by atoms with van der Waals surface area (Å²) >= 11 is 0. The summed E-state index contributed by atoms with van der Waals surface area (Å²) in [5, 5.41) is 6.24. The van der Waals surface area contributed by atoms with Gasteiger partial charge in [-0.3, -0.25) is 4.79 Å². The summed E-state index contributed by atoms with van der Waals surface area (Å²) in [6.07, 6.45) is 2.23. The lowest BCUT2D eigenvalue weighted by Gasteiger charge is -2.29. The van der Waals surface area contributed by atoms with E-state index in [4.69, 9.17) is 0 Å². The first-order valence-electron chi connectivity index (χ1n) is 6.86. The van der Waals surface area contributed by atoms with E-state index in [0.29, 0.717) is 11.5 Å². The molecule has 2 unspecified atom stereocenters. The third kappa shape index (κ3) is 3.93. The second kappa shape index (κ2) is 7.60. The highest BCUT2D eigenvalue weighted by Gasteiger charge is 2.22. The molecule has 0 aliphatic carbocycles. The maximum absolute atomic E-state index is 13.9. The Bertz CT molecular complexity index is 461. The zero-order valence-corrected chi connectivity index (χ0v) is 12.7. The van der Waals surface area contributed by atoms with E-state index in [2.05, 4.69) is 10.6 Å². The fourth-order valence-corrected chi connectivity index (χ4v) is 2.53. The molecular weight excluding hydrogens is 279 g/mol. The molecule has 1 fully saturated rings. The first-order chi connectivity index (χ1) is 9.09. The highest BCUT2D eigenvalue weighted by molar-refractivity contribution is 5.94. The summed E-state index contributed by atoms with van der Waals surface area (Å²) in [5.74, 6) is -0.321. The van der Waals surface area contributed by atoms with Crippen molar-refractivity contribution in [3.8, 4) is 0 Å². The maximum Gasteiger partial charge on any atom is 0.254 e. The number of amides is 1. The quantitative estimate of drug-likeness (QED) is 0.901. The van der Waals surface area contributed by atoms with E-state index in [0.717, 1.165) is 25.9 Å². The van der Waals surface area contributed by atoms with Gasteiger partial charge in [0.2, 0.25) is 0 Å². The predicted molar refractivity (Wildman–Crippen MR) is 80.9 cm³/mol. The molecule has 112 valence electrons. The summed E-state index contributed by atoms with van der Waals surface area (Å²) in [7, 11) is 0. The van der Waals surface area contributed by atoms with Gasteiger partial charge in [0.05, 0.1) is 5.56 Å². The number of halogens is 2. The summed E-state index contributed by atoms with van der Waals surface area (Å²) in [5.41, 5.74) is 0.634. The molecule has 0 saturated carbocycles. The van der Waals surface area contributed by atoms with Crippen molar-refractivity contribution in [2.75, 3.05) is 13.1 Å². The van der Waals surface area contributed by atoms with Gasteiger partial charge in [0, 0.05) is 6.04 Å². The van der Waals surface area contributed by atoms with Gasteiger partial charge in [-0.05, 0) is 57.3 Å². The number of hydrogen-bond acceptors (Lipinski definition) is 2. The van der Waals surface area contributed by atoms with Gasteiger partial charge in [0.15, 0.2) is 0 Å². The van der Waals surface area contributed by atoms with E-state index in [-0.39, 0.29) is 29.9 Å². The van der Waals surface area contributed by atoms with Crippen LogP contribution in [0.25, 0.3) is 0 Å². The van der Waals surface area contributed by atoms with Crippen molar-refractivity contribution in [1.29, 1.82) is 0 Å². The number of hydrogen-bond donors (Lipinski definition) is 2. The monoisotopic (exact) mass is 300 g/mol. The molecule has 1 heterocycles. The van der Waals surface area contributed by atoms with Gasteiger partial charge in [0.25, 0.3) is 5.91 Å². The molecule has 1 aliphatic heterocycles. The first kappa shape index (κ1) is 16.9. The standard InChI is InChI=1S/C15H21FN2O.ClH/c1-10-5-3-7-13(14(10)16)15(19)18-11(2)12-6-4-8-17-9-12;/h3,5,7,11-12,17H,4,6,8-9H2,1-2H3,(H,18,19);1H. The number of piperidine rings is 1. The molecule has 2 N–H and O–H groups in total. The molecule has 0 bridgehead atoms. The van der Waals surface area contributed by atoms with Gasteiger partial charge in [0.1, 0.15) is 5.82 Å². The van der Waals surface area contributed by atoms with Crippen molar-refractivity contribution in [1.82, 2.24) is 10.6 Å². The van der Waals surface area contributed by atoms with Gasteiger partial charge in [-0.15, -0.1) is 12.4 Å². The van der Waals surface area contributed by atoms with E-state index >= 15 is 0 Å². The Morgan fingerprint density at radius 3 is 2.90 bits per heavy atom. The van der Waals surface area contributed by atoms with Crippen LogP contribution in [0.3, 0.4) is 0 Å². The van der Waals surface area contributed by atoms with Gasteiger partial charge < -0.3 is 10.6 Å². The Morgan fingerprint density at radius 2 is 2.25 bits per heavy atom. The zero-order chi connectivity index (χ0) is 13.8. The van der Waals surface area contributed by atoms with E-state index in [1.807, 2.05) is 6.92 Å². The highest BCUT2D eigenvalue weighted by Crippen LogP contribution is 2.16. The van der Waals surface area contributed by atoms with E-state index in [1.165, 1.54) is 6.07 Å². The van der Waals surface area contributed by atoms with Crippen molar-refractivity contribution in [3.05, 3.63) is 35.1 Å². The fraction of sp³-hybridized carbons (Fsp3) is 0.533. The van der Waals surface area contributed by atoms with Gasteiger partial charge in [-0.25, -0.2) is 4.39 Å². The van der Waals surface area contributed by atoms with Crippen LogP contribution in [0.5, 0.6) is 0 Å². The van der Waals surface area contributed by atoms with Crippen molar-refractivity contribution < 1.29 is 9.18 Å². The molecule has 0 aromatic heterocycles. The lowest BCUT2D eigenvalue weighted by atomic mass is 9.92. The summed E-state index contributed by atoms with van der Waals surface area (Å²) < 4.78 is 13.9. The van der Waals surface area contributed by atoms with Crippen LogP contribution in [0.1, 0.15) is 35.7 Å². The van der Waals surface area contributed by atoms with Crippen LogP contribution in [-0.4, -0.2) is 25.0 Å². The van der Waals surface area contributed by atoms with Gasteiger partial charge in [-0.2, -0.15) is 0 Å². The number of aryl methyl sites for hydroxylation is 1. The first-order valence-corrected chi connectivity index (χ1v) is 6.86. The molecule has 3 nitrogen and oxygen atoms in total. The fourth-order valence-electron chi connectivity index (χ4n) is 2.53. The molecule has 2 rings (SSSR count). The number of nitrogens with one attached hydrogen (secondary N) is 2. The van der Waals surface area contributed by atoms with Gasteiger partial charge >= 0.3 is 0 Å². The Morgan fingerprint density at radius 1 is 1.50 bits per heavy atom. The van der Waals surface area contributed by atoms with E-state index in [9.17, 15) is 9.18 Å². The number of benzene rings is 1. The van der Waals surface area contributed by atoms with Crippen LogP contribution in [0, 0.1) is 18.7 Å². The average Bonchev–Trinajstić information content (AvgIpc) is 2.42. The second-order valence-corrected chi connectivity index (χ2v) is 5.31. The van der Waals surface area contributed by atoms with Crippen LogP contribution in [0.15, 0.2) is 18.2 Å². The number of carbonyl (C=O) groups is 1. The molecule has 0 radical (unpaired) electrons. The third-order valence-electron chi connectivity index (χ3n) is 3.84. The normalized spacial score (nSPS) is 19.9. The van der Waals surface area contributed by atoms with Crippen LogP contribution >= 0.6 is 12.4 Å². The van der Waals surface area contributed by atoms with Crippen LogP contribution in [0.4, 0.5) is 4.39 Å². The van der Waals surface area contributed by atoms with Crippen molar-refractivity contribution >= 4 is 18.3 Å². The molecule has 1 saturated heterocycles. The molecule has 0 spiro atoms. The summed E-state index contributed by atoms with van der Waals surface area (Å²) in [4.78, 5) is 12.1. The molecule has 1 aromatic carbocycles.